The van der Waals surface area contributed by atoms with Crippen molar-refractivity contribution in [2.45, 2.75) is 57.8 Å². The van der Waals surface area contributed by atoms with Crippen LogP contribution in [0, 0.1) is 0 Å². The van der Waals surface area contributed by atoms with E-state index in [1.807, 2.05) is 32.0 Å². The Kier molecular flexibility index (Phi) is 7.08. The monoisotopic (exact) mass is 450 g/mol. The number of carbonyl (C=O) groups excluding carboxylic acids is 2. The SMILES string of the molecule is CC(C)NC(=O)C1(C)CN(S(C)(=O)=O)CC(=O)N1C1CCN(Cc2ccccc2)CC1. The number of likely N-dealkylation sites (tertiary alicyclic amines) is 1. The van der Waals surface area contributed by atoms with Crippen LogP contribution in [0.2, 0.25) is 0 Å². The first kappa shape index (κ1) is 23.7. The molecule has 31 heavy (non-hydrogen) atoms. The van der Waals surface area contributed by atoms with E-state index < -0.39 is 15.6 Å². The molecule has 1 aromatic carbocycles. The number of sulfonamides is 1. The van der Waals surface area contributed by atoms with E-state index in [9.17, 15) is 18.0 Å². The van der Waals surface area contributed by atoms with Crippen molar-refractivity contribution in [2.75, 3.05) is 32.4 Å². The third kappa shape index (κ3) is 5.45. The van der Waals surface area contributed by atoms with E-state index in [2.05, 4.69) is 22.3 Å². The fourth-order valence-corrected chi connectivity index (χ4v) is 5.43. The lowest BCUT2D eigenvalue weighted by Crippen LogP contribution is -2.72. The van der Waals surface area contributed by atoms with Crippen LogP contribution in [-0.4, -0.2) is 84.4 Å². The van der Waals surface area contributed by atoms with Gasteiger partial charge in [-0.3, -0.25) is 14.5 Å². The number of hydrogen-bond acceptors (Lipinski definition) is 5. The van der Waals surface area contributed by atoms with Crippen LogP contribution in [0.5, 0.6) is 0 Å². The van der Waals surface area contributed by atoms with Gasteiger partial charge in [0.15, 0.2) is 0 Å². The van der Waals surface area contributed by atoms with E-state index in [-0.39, 0.29) is 37.0 Å². The highest BCUT2D eigenvalue weighted by Gasteiger charge is 2.52. The molecule has 2 aliphatic rings. The first-order valence-corrected chi connectivity index (χ1v) is 12.7. The molecular formula is C22H34N4O4S. The number of piperazine rings is 1. The van der Waals surface area contributed by atoms with Gasteiger partial charge in [0, 0.05) is 38.3 Å². The van der Waals surface area contributed by atoms with Gasteiger partial charge >= 0.3 is 0 Å². The minimum Gasteiger partial charge on any atom is -0.352 e. The maximum absolute atomic E-state index is 13.2. The first-order chi connectivity index (χ1) is 14.5. The third-order valence-corrected chi connectivity index (χ3v) is 7.34. The van der Waals surface area contributed by atoms with Crippen molar-refractivity contribution in [1.29, 1.82) is 0 Å². The van der Waals surface area contributed by atoms with Gasteiger partial charge in [-0.05, 0) is 39.2 Å². The summed E-state index contributed by atoms with van der Waals surface area (Å²) in [5.74, 6) is -0.615. The molecule has 0 radical (unpaired) electrons. The van der Waals surface area contributed by atoms with Gasteiger partial charge in [-0.25, -0.2) is 8.42 Å². The molecule has 0 aromatic heterocycles. The van der Waals surface area contributed by atoms with Crippen molar-refractivity contribution in [1.82, 2.24) is 19.4 Å². The molecule has 1 atom stereocenters. The van der Waals surface area contributed by atoms with Gasteiger partial charge < -0.3 is 10.2 Å². The summed E-state index contributed by atoms with van der Waals surface area (Å²) in [4.78, 5) is 30.4. The van der Waals surface area contributed by atoms with Crippen molar-refractivity contribution >= 4 is 21.8 Å². The fourth-order valence-electron chi connectivity index (χ4n) is 4.59. The van der Waals surface area contributed by atoms with E-state index in [0.717, 1.165) is 43.0 Å². The first-order valence-electron chi connectivity index (χ1n) is 10.9. The topological polar surface area (TPSA) is 90.0 Å². The van der Waals surface area contributed by atoms with E-state index in [4.69, 9.17) is 0 Å². The summed E-state index contributed by atoms with van der Waals surface area (Å²) in [5.41, 5.74) is 0.00883. The zero-order chi connectivity index (χ0) is 22.8. The standard InChI is InChI=1S/C22H34N4O4S/c1-17(2)23-21(28)22(3)16-25(31(4,29)30)15-20(27)26(22)19-10-12-24(13-11-19)14-18-8-6-5-7-9-18/h5-9,17,19H,10-16H2,1-4H3,(H,23,28). The van der Waals surface area contributed by atoms with E-state index in [1.165, 1.54) is 5.56 Å². The van der Waals surface area contributed by atoms with Gasteiger partial charge in [0.1, 0.15) is 5.54 Å². The molecule has 1 N–H and O–H groups in total. The molecule has 2 amide bonds. The Morgan fingerprint density at radius 1 is 1.19 bits per heavy atom. The van der Waals surface area contributed by atoms with Crippen LogP contribution in [0.4, 0.5) is 0 Å². The van der Waals surface area contributed by atoms with Crippen molar-refractivity contribution in [3.05, 3.63) is 35.9 Å². The molecular weight excluding hydrogens is 416 g/mol. The van der Waals surface area contributed by atoms with Crippen molar-refractivity contribution in [3.63, 3.8) is 0 Å². The minimum absolute atomic E-state index is 0.0274. The summed E-state index contributed by atoms with van der Waals surface area (Å²) < 4.78 is 25.5. The number of nitrogens with one attached hydrogen (secondary N) is 1. The molecule has 172 valence electrons. The second-order valence-corrected chi connectivity index (χ2v) is 11.2. The molecule has 1 unspecified atom stereocenters. The van der Waals surface area contributed by atoms with Crippen LogP contribution in [0.25, 0.3) is 0 Å². The molecule has 8 nitrogen and oxygen atoms in total. The van der Waals surface area contributed by atoms with Crippen molar-refractivity contribution in [2.24, 2.45) is 0 Å². The van der Waals surface area contributed by atoms with Gasteiger partial charge in [0.25, 0.3) is 0 Å². The predicted octanol–water partition coefficient (Wildman–Crippen LogP) is 1.04. The molecule has 1 aromatic rings. The molecule has 0 aliphatic carbocycles. The minimum atomic E-state index is -3.59. The van der Waals surface area contributed by atoms with Crippen molar-refractivity contribution in [3.8, 4) is 0 Å². The summed E-state index contributed by atoms with van der Waals surface area (Å²) in [7, 11) is -3.59. The maximum atomic E-state index is 13.2. The Balaban J connectivity index is 1.77. The number of benzene rings is 1. The summed E-state index contributed by atoms with van der Waals surface area (Å²) >= 11 is 0. The molecule has 2 fully saturated rings. The van der Waals surface area contributed by atoms with Crippen LogP contribution in [0.1, 0.15) is 39.2 Å². The summed E-state index contributed by atoms with van der Waals surface area (Å²) in [5, 5.41) is 2.89. The normalized spacial score (nSPS) is 24.5. The molecule has 0 spiro atoms. The highest BCUT2D eigenvalue weighted by molar-refractivity contribution is 7.88. The number of piperidine rings is 1. The highest BCUT2D eigenvalue weighted by Crippen LogP contribution is 2.31. The Bertz CT molecular complexity index is 897. The summed E-state index contributed by atoms with van der Waals surface area (Å²) in [6, 6.07) is 10.1. The van der Waals surface area contributed by atoms with E-state index in [1.54, 1.807) is 11.8 Å². The van der Waals surface area contributed by atoms with Crippen LogP contribution < -0.4 is 5.32 Å². The lowest BCUT2D eigenvalue weighted by Gasteiger charge is -2.51. The lowest BCUT2D eigenvalue weighted by molar-refractivity contribution is -0.158. The molecule has 0 saturated carbocycles. The van der Waals surface area contributed by atoms with E-state index >= 15 is 0 Å². The molecule has 2 heterocycles. The Labute approximate surface area is 185 Å². The molecule has 2 aliphatic heterocycles. The number of amides is 2. The van der Waals surface area contributed by atoms with Gasteiger partial charge in [-0.1, -0.05) is 30.3 Å². The van der Waals surface area contributed by atoms with Gasteiger partial charge in [0.05, 0.1) is 12.8 Å². The smallest absolute Gasteiger partial charge is 0.247 e. The number of nitrogens with zero attached hydrogens (tertiary/aromatic N) is 3. The zero-order valence-corrected chi connectivity index (χ0v) is 19.7. The van der Waals surface area contributed by atoms with Crippen LogP contribution in [0.15, 0.2) is 30.3 Å². The Morgan fingerprint density at radius 2 is 1.81 bits per heavy atom. The quantitative estimate of drug-likeness (QED) is 0.699. The van der Waals surface area contributed by atoms with E-state index in [0.29, 0.717) is 0 Å². The number of carbonyl (C=O) groups is 2. The lowest BCUT2D eigenvalue weighted by atomic mass is 9.89. The third-order valence-electron chi connectivity index (χ3n) is 6.15. The second-order valence-electron chi connectivity index (χ2n) is 9.19. The van der Waals surface area contributed by atoms with Crippen LogP contribution >= 0.6 is 0 Å². The number of hydrogen-bond donors (Lipinski definition) is 1. The molecule has 9 heteroatoms. The Hall–Kier alpha value is -1.97. The number of rotatable bonds is 6. The summed E-state index contributed by atoms with van der Waals surface area (Å²) in [6.45, 7) is 7.65. The van der Waals surface area contributed by atoms with Crippen molar-refractivity contribution < 1.29 is 18.0 Å². The molecule has 2 saturated heterocycles. The molecule has 0 bridgehead atoms. The van der Waals surface area contributed by atoms with Gasteiger partial charge in [-0.15, -0.1) is 0 Å². The second kappa shape index (κ2) is 9.26. The average Bonchev–Trinajstić information content (AvgIpc) is 2.68. The molecule has 3 rings (SSSR count). The van der Waals surface area contributed by atoms with Crippen LogP contribution in [-0.2, 0) is 26.2 Å². The predicted molar refractivity (Wildman–Crippen MR) is 120 cm³/mol. The van der Waals surface area contributed by atoms with Gasteiger partial charge in [0.2, 0.25) is 21.8 Å². The van der Waals surface area contributed by atoms with Crippen LogP contribution in [0.3, 0.4) is 0 Å². The largest absolute Gasteiger partial charge is 0.352 e. The average molecular weight is 451 g/mol. The summed E-state index contributed by atoms with van der Waals surface area (Å²) in [6.07, 6.45) is 2.59. The fraction of sp³-hybridized carbons (Fsp3) is 0.636. The zero-order valence-electron chi connectivity index (χ0n) is 18.9. The Morgan fingerprint density at radius 3 is 2.35 bits per heavy atom. The highest BCUT2D eigenvalue weighted by atomic mass is 32.2. The van der Waals surface area contributed by atoms with Gasteiger partial charge in [-0.2, -0.15) is 4.31 Å². The maximum Gasteiger partial charge on any atom is 0.247 e.